The molecule has 3 aromatic rings. The third kappa shape index (κ3) is 3.88. The molecule has 0 fully saturated rings. The largest absolute Gasteiger partial charge is 0.386 e. The van der Waals surface area contributed by atoms with Gasteiger partial charge in [-0.25, -0.2) is 9.07 Å². The third-order valence-corrected chi connectivity index (χ3v) is 3.91. The maximum atomic E-state index is 13.8. The van der Waals surface area contributed by atoms with E-state index in [1.807, 2.05) is 55.3 Å². The van der Waals surface area contributed by atoms with Gasteiger partial charge in [0.2, 0.25) is 0 Å². The van der Waals surface area contributed by atoms with Gasteiger partial charge in [0.05, 0.1) is 17.6 Å². The molecule has 25 heavy (non-hydrogen) atoms. The van der Waals surface area contributed by atoms with E-state index in [2.05, 4.69) is 22.3 Å². The lowest BCUT2D eigenvalue weighted by Crippen LogP contribution is -2.05. The van der Waals surface area contributed by atoms with Crippen molar-refractivity contribution in [3.8, 4) is 5.69 Å². The molecule has 1 aromatic heterocycles. The van der Waals surface area contributed by atoms with Gasteiger partial charge in [-0.15, -0.1) is 0 Å². The van der Waals surface area contributed by atoms with Crippen LogP contribution in [0.5, 0.6) is 0 Å². The Morgan fingerprint density at radius 2 is 2.04 bits per heavy atom. The van der Waals surface area contributed by atoms with Crippen LogP contribution in [0, 0.1) is 12.7 Å². The van der Waals surface area contributed by atoms with Crippen molar-refractivity contribution >= 4 is 11.4 Å². The van der Waals surface area contributed by atoms with Crippen LogP contribution in [0.2, 0.25) is 0 Å². The molecule has 0 saturated carbocycles. The highest BCUT2D eigenvalue weighted by molar-refractivity contribution is 5.68. The van der Waals surface area contributed by atoms with E-state index in [1.165, 1.54) is 6.07 Å². The molecular weight excluding hydrogens is 315 g/mol. The summed E-state index contributed by atoms with van der Waals surface area (Å²) >= 11 is 0. The number of hydrogen-bond donors (Lipinski definition) is 2. The number of rotatable bonds is 6. The van der Waals surface area contributed by atoms with Crippen molar-refractivity contribution in [2.75, 3.05) is 17.7 Å². The first-order valence-electron chi connectivity index (χ1n) is 8.08. The maximum absolute atomic E-state index is 13.8. The number of allylic oxidation sites excluding steroid dienone is 1. The molecule has 128 valence electrons. The number of halogens is 1. The Morgan fingerprint density at radius 1 is 1.24 bits per heavy atom. The van der Waals surface area contributed by atoms with Gasteiger partial charge in [-0.1, -0.05) is 24.8 Å². The second-order valence-corrected chi connectivity index (χ2v) is 5.94. The summed E-state index contributed by atoms with van der Waals surface area (Å²) in [6, 6.07) is 12.7. The van der Waals surface area contributed by atoms with E-state index in [0.29, 0.717) is 12.0 Å². The summed E-state index contributed by atoms with van der Waals surface area (Å²) in [4.78, 5) is 0. The van der Waals surface area contributed by atoms with Crippen LogP contribution in [0.1, 0.15) is 11.1 Å². The summed E-state index contributed by atoms with van der Waals surface area (Å²) in [5, 5.41) is 10.8. The zero-order chi connectivity index (χ0) is 17.8. The van der Waals surface area contributed by atoms with Crippen molar-refractivity contribution < 1.29 is 4.39 Å². The lowest BCUT2D eigenvalue weighted by Gasteiger charge is -2.14. The maximum Gasteiger partial charge on any atom is 0.126 e. The molecular formula is C20H21FN4. The number of hydrogen-bond acceptors (Lipinski definition) is 3. The molecule has 1 heterocycles. The van der Waals surface area contributed by atoms with Gasteiger partial charge in [0.1, 0.15) is 5.82 Å². The number of anilines is 2. The van der Waals surface area contributed by atoms with Crippen LogP contribution in [0.4, 0.5) is 15.8 Å². The summed E-state index contributed by atoms with van der Waals surface area (Å²) in [6.45, 7) is 6.02. The van der Waals surface area contributed by atoms with Crippen LogP contribution in [0.15, 0.2) is 67.1 Å². The molecule has 0 saturated heterocycles. The van der Waals surface area contributed by atoms with E-state index in [1.54, 1.807) is 12.1 Å². The average Bonchev–Trinajstić information content (AvgIpc) is 3.03. The zero-order valence-electron chi connectivity index (χ0n) is 14.4. The predicted octanol–water partition coefficient (Wildman–Crippen LogP) is 4.53. The average molecular weight is 336 g/mol. The Hall–Kier alpha value is -3.08. The lowest BCUT2D eigenvalue weighted by atomic mass is 10.1. The standard InChI is InChI=1S/C20H21FN4/c1-14-12-23-25(13-14)20-9-8-17(11-19(20)22-3)24-15(2)10-16-6-4-5-7-18(16)21/h4-9,11-13,22,24H,2,10H2,1,3H3. The van der Waals surface area contributed by atoms with E-state index in [9.17, 15) is 4.39 Å². The molecule has 0 radical (unpaired) electrons. The normalized spacial score (nSPS) is 10.5. The van der Waals surface area contributed by atoms with Gasteiger partial charge in [0.15, 0.2) is 0 Å². The van der Waals surface area contributed by atoms with Crippen LogP contribution in [0.3, 0.4) is 0 Å². The van der Waals surface area contributed by atoms with Crippen molar-refractivity contribution in [2.24, 2.45) is 0 Å². The molecule has 5 heteroatoms. The SMILES string of the molecule is C=C(Cc1ccccc1F)Nc1ccc(-n2cc(C)cn2)c(NC)c1. The quantitative estimate of drug-likeness (QED) is 0.695. The molecule has 0 bridgehead atoms. The number of nitrogens with zero attached hydrogens (tertiary/aromatic N) is 2. The lowest BCUT2D eigenvalue weighted by molar-refractivity contribution is 0.613. The molecule has 0 aliphatic heterocycles. The second kappa shape index (κ2) is 7.21. The van der Waals surface area contributed by atoms with E-state index < -0.39 is 0 Å². The topological polar surface area (TPSA) is 41.9 Å². The predicted molar refractivity (Wildman–Crippen MR) is 101 cm³/mol. The van der Waals surface area contributed by atoms with Crippen LogP contribution < -0.4 is 10.6 Å². The highest BCUT2D eigenvalue weighted by Crippen LogP contribution is 2.25. The van der Waals surface area contributed by atoms with Gasteiger partial charge in [-0.3, -0.25) is 0 Å². The number of benzene rings is 2. The van der Waals surface area contributed by atoms with E-state index >= 15 is 0 Å². The van der Waals surface area contributed by atoms with Crippen molar-refractivity contribution in [1.29, 1.82) is 0 Å². The minimum atomic E-state index is -0.217. The molecule has 3 rings (SSSR count). The van der Waals surface area contributed by atoms with Crippen LogP contribution in [-0.2, 0) is 6.42 Å². The van der Waals surface area contributed by atoms with Crippen LogP contribution in [-0.4, -0.2) is 16.8 Å². The van der Waals surface area contributed by atoms with E-state index in [4.69, 9.17) is 0 Å². The summed E-state index contributed by atoms with van der Waals surface area (Å²) in [6.07, 6.45) is 4.23. The minimum Gasteiger partial charge on any atom is -0.386 e. The summed E-state index contributed by atoms with van der Waals surface area (Å²) in [5.74, 6) is -0.217. The molecule has 0 aliphatic carbocycles. The van der Waals surface area contributed by atoms with Crippen LogP contribution in [0.25, 0.3) is 5.69 Å². The first-order chi connectivity index (χ1) is 12.1. The Bertz CT molecular complexity index is 898. The molecule has 0 aliphatic rings. The van der Waals surface area contributed by atoms with Gasteiger partial charge >= 0.3 is 0 Å². The highest BCUT2D eigenvalue weighted by atomic mass is 19.1. The molecule has 0 atom stereocenters. The first kappa shape index (κ1) is 16.8. The van der Waals surface area contributed by atoms with Gasteiger partial charge in [0.25, 0.3) is 0 Å². The van der Waals surface area contributed by atoms with Crippen molar-refractivity contribution in [2.45, 2.75) is 13.3 Å². The Balaban J connectivity index is 1.77. The minimum absolute atomic E-state index is 0.217. The molecule has 4 nitrogen and oxygen atoms in total. The third-order valence-electron chi connectivity index (χ3n) is 3.91. The number of nitrogens with one attached hydrogen (secondary N) is 2. The second-order valence-electron chi connectivity index (χ2n) is 5.94. The van der Waals surface area contributed by atoms with Gasteiger partial charge in [-0.05, 0) is 42.3 Å². The number of aromatic nitrogens is 2. The van der Waals surface area contributed by atoms with E-state index in [-0.39, 0.29) is 5.82 Å². The van der Waals surface area contributed by atoms with Crippen molar-refractivity contribution in [3.63, 3.8) is 0 Å². The fourth-order valence-electron chi connectivity index (χ4n) is 2.68. The Morgan fingerprint density at radius 3 is 2.72 bits per heavy atom. The monoisotopic (exact) mass is 336 g/mol. The fourth-order valence-corrected chi connectivity index (χ4v) is 2.68. The van der Waals surface area contributed by atoms with Gasteiger partial charge in [-0.2, -0.15) is 5.10 Å². The van der Waals surface area contributed by atoms with Gasteiger partial charge < -0.3 is 10.6 Å². The first-order valence-corrected chi connectivity index (χ1v) is 8.08. The summed E-state index contributed by atoms with van der Waals surface area (Å²) in [5.41, 5.74) is 5.24. The number of aryl methyl sites for hydroxylation is 1. The van der Waals surface area contributed by atoms with Crippen LogP contribution >= 0.6 is 0 Å². The molecule has 0 amide bonds. The molecule has 0 unspecified atom stereocenters. The Kier molecular flexibility index (Phi) is 4.84. The highest BCUT2D eigenvalue weighted by Gasteiger charge is 2.08. The van der Waals surface area contributed by atoms with Crippen molar-refractivity contribution in [1.82, 2.24) is 9.78 Å². The summed E-state index contributed by atoms with van der Waals surface area (Å²) in [7, 11) is 1.87. The Labute approximate surface area is 147 Å². The fraction of sp³-hybridized carbons (Fsp3) is 0.150. The molecule has 2 N–H and O–H groups in total. The molecule has 2 aromatic carbocycles. The smallest absolute Gasteiger partial charge is 0.126 e. The zero-order valence-corrected chi connectivity index (χ0v) is 14.4. The van der Waals surface area contributed by atoms with Crippen molar-refractivity contribution in [3.05, 3.63) is 84.1 Å². The van der Waals surface area contributed by atoms with Gasteiger partial charge in [0, 0.05) is 31.0 Å². The molecule has 0 spiro atoms. The summed E-state index contributed by atoms with van der Waals surface area (Å²) < 4.78 is 15.6. The van der Waals surface area contributed by atoms with E-state index in [0.717, 1.165) is 28.3 Å².